The van der Waals surface area contributed by atoms with Crippen molar-refractivity contribution in [2.24, 2.45) is 0 Å². The number of carbonyl (C=O) groups excluding carboxylic acids is 1. The summed E-state index contributed by atoms with van der Waals surface area (Å²) in [5.74, 6) is -0.184. The normalized spacial score (nSPS) is 11.0. The van der Waals surface area contributed by atoms with E-state index in [1.807, 2.05) is 30.9 Å². The van der Waals surface area contributed by atoms with Crippen LogP contribution in [0.15, 0.2) is 31.0 Å². The molecule has 0 aliphatic heterocycles. The summed E-state index contributed by atoms with van der Waals surface area (Å²) in [6.07, 6.45) is 8.71. The van der Waals surface area contributed by atoms with Gasteiger partial charge in [-0.25, -0.2) is 0 Å². The Morgan fingerprint density at radius 3 is 2.62 bits per heavy atom. The molecule has 0 unspecified atom stereocenters. The van der Waals surface area contributed by atoms with E-state index < -0.39 is 0 Å². The molecule has 0 spiro atoms. The molecule has 0 aliphatic carbocycles. The molecule has 8 nitrogen and oxygen atoms in total. The van der Waals surface area contributed by atoms with E-state index in [1.165, 1.54) is 6.20 Å². The molecule has 0 fully saturated rings. The van der Waals surface area contributed by atoms with Gasteiger partial charge >= 0.3 is 0 Å². The molecule has 3 heterocycles. The topological polar surface area (TPSA) is 82.6 Å². The Bertz CT molecular complexity index is 848. The maximum atomic E-state index is 12.1. The molecular weight excluding hydrogens is 330 g/mol. The van der Waals surface area contributed by atoms with Crippen LogP contribution in [0.3, 0.4) is 0 Å². The van der Waals surface area contributed by atoms with Gasteiger partial charge in [-0.1, -0.05) is 11.6 Å². The van der Waals surface area contributed by atoms with Crippen LogP contribution in [0, 0.1) is 6.92 Å². The van der Waals surface area contributed by atoms with Crippen molar-refractivity contribution in [2.75, 3.05) is 5.32 Å². The van der Waals surface area contributed by atoms with Crippen molar-refractivity contribution in [1.29, 1.82) is 0 Å². The highest BCUT2D eigenvalue weighted by Gasteiger charge is 2.10. The zero-order valence-corrected chi connectivity index (χ0v) is 14.2. The summed E-state index contributed by atoms with van der Waals surface area (Å²) in [6, 6.07) is 0. The van der Waals surface area contributed by atoms with Crippen LogP contribution in [-0.2, 0) is 24.4 Å². The van der Waals surface area contributed by atoms with Crippen molar-refractivity contribution in [1.82, 2.24) is 29.3 Å². The van der Waals surface area contributed by atoms with E-state index in [4.69, 9.17) is 11.6 Å². The van der Waals surface area contributed by atoms with Crippen LogP contribution in [0.25, 0.3) is 0 Å². The first kappa shape index (κ1) is 16.3. The highest BCUT2D eigenvalue weighted by molar-refractivity contribution is 6.31. The van der Waals surface area contributed by atoms with Crippen LogP contribution in [-0.4, -0.2) is 35.2 Å². The first-order valence-corrected chi connectivity index (χ1v) is 7.94. The summed E-state index contributed by atoms with van der Waals surface area (Å²) in [6.45, 7) is 5.39. The van der Waals surface area contributed by atoms with Gasteiger partial charge in [-0.2, -0.15) is 15.3 Å². The lowest BCUT2D eigenvalue weighted by atomic mass is 10.4. The largest absolute Gasteiger partial charge is 0.322 e. The second-order valence-electron chi connectivity index (χ2n) is 5.41. The van der Waals surface area contributed by atoms with Crippen LogP contribution in [0.2, 0.25) is 5.02 Å². The van der Waals surface area contributed by atoms with E-state index in [9.17, 15) is 4.79 Å². The fourth-order valence-electron chi connectivity index (χ4n) is 2.28. The quantitative estimate of drug-likeness (QED) is 0.738. The third kappa shape index (κ3) is 3.65. The predicted molar refractivity (Wildman–Crippen MR) is 89.8 cm³/mol. The monoisotopic (exact) mass is 347 g/mol. The second-order valence-corrected chi connectivity index (χ2v) is 5.82. The fourth-order valence-corrected chi connectivity index (χ4v) is 2.42. The molecule has 1 amide bonds. The fraction of sp³-hybridized carbons (Fsp3) is 0.333. The molecular formula is C15H18ClN7O. The lowest BCUT2D eigenvalue weighted by molar-refractivity contribution is -0.116. The Morgan fingerprint density at radius 2 is 1.96 bits per heavy atom. The second kappa shape index (κ2) is 6.88. The number of halogens is 1. The maximum Gasteiger partial charge on any atom is 0.246 e. The van der Waals surface area contributed by atoms with Crippen molar-refractivity contribution in [3.05, 3.63) is 47.3 Å². The van der Waals surface area contributed by atoms with E-state index in [2.05, 4.69) is 20.6 Å². The summed E-state index contributed by atoms with van der Waals surface area (Å²) >= 11 is 5.93. The van der Waals surface area contributed by atoms with Crippen LogP contribution in [0.5, 0.6) is 0 Å². The van der Waals surface area contributed by atoms with Gasteiger partial charge in [-0.05, 0) is 13.8 Å². The molecule has 0 aromatic carbocycles. The number of hydrogen-bond acceptors (Lipinski definition) is 4. The van der Waals surface area contributed by atoms with Crippen LogP contribution < -0.4 is 5.32 Å². The Morgan fingerprint density at radius 1 is 1.17 bits per heavy atom. The minimum absolute atomic E-state index is 0.104. The molecule has 126 valence electrons. The molecule has 0 bridgehead atoms. The Balaban J connectivity index is 1.59. The summed E-state index contributed by atoms with van der Waals surface area (Å²) < 4.78 is 5.17. The number of hydrogen-bond donors (Lipinski definition) is 1. The average Bonchev–Trinajstić information content (AvgIpc) is 3.26. The number of anilines is 1. The van der Waals surface area contributed by atoms with Crippen LogP contribution in [0.4, 0.5) is 5.69 Å². The van der Waals surface area contributed by atoms with Crippen LogP contribution in [0.1, 0.15) is 18.2 Å². The Kier molecular flexibility index (Phi) is 4.66. The number of rotatable bonds is 6. The zero-order chi connectivity index (χ0) is 17.1. The predicted octanol–water partition coefficient (Wildman–Crippen LogP) is 1.94. The molecule has 3 rings (SSSR count). The molecule has 9 heteroatoms. The van der Waals surface area contributed by atoms with Gasteiger partial charge in [0.05, 0.1) is 41.5 Å². The van der Waals surface area contributed by atoms with Gasteiger partial charge in [0.15, 0.2) is 0 Å². The molecule has 0 saturated carbocycles. The van der Waals surface area contributed by atoms with Crippen molar-refractivity contribution < 1.29 is 4.79 Å². The lowest BCUT2D eigenvalue weighted by Gasteiger charge is -2.04. The average molecular weight is 348 g/mol. The maximum absolute atomic E-state index is 12.1. The standard InChI is InChI=1S/C15H18ClN7O/c1-3-21-7-12(4-17-21)8-22-9-13(5-18-22)20-15(24)10-23-11(2)14(16)6-19-23/h4-7,9H,3,8,10H2,1-2H3,(H,20,24). The molecule has 0 saturated heterocycles. The van der Waals surface area contributed by atoms with Gasteiger partial charge in [0.2, 0.25) is 5.91 Å². The van der Waals surface area contributed by atoms with Crippen LogP contribution >= 0.6 is 11.6 Å². The van der Waals surface area contributed by atoms with E-state index in [1.54, 1.807) is 21.8 Å². The molecule has 1 N–H and O–H groups in total. The summed E-state index contributed by atoms with van der Waals surface area (Å²) in [7, 11) is 0. The minimum atomic E-state index is -0.184. The molecule has 24 heavy (non-hydrogen) atoms. The smallest absolute Gasteiger partial charge is 0.246 e. The Hall–Kier alpha value is -2.61. The summed E-state index contributed by atoms with van der Waals surface area (Å²) in [4.78, 5) is 12.1. The van der Waals surface area contributed by atoms with E-state index in [-0.39, 0.29) is 12.5 Å². The zero-order valence-electron chi connectivity index (χ0n) is 13.5. The third-order valence-corrected chi connectivity index (χ3v) is 3.98. The van der Waals surface area contributed by atoms with Gasteiger partial charge in [0.1, 0.15) is 6.54 Å². The van der Waals surface area contributed by atoms with Crippen molar-refractivity contribution in [3.8, 4) is 0 Å². The summed E-state index contributed by atoms with van der Waals surface area (Å²) in [5, 5.41) is 15.9. The van der Waals surface area contributed by atoms with Gasteiger partial charge in [-0.15, -0.1) is 0 Å². The number of nitrogens with one attached hydrogen (secondary N) is 1. The Labute approximate surface area is 144 Å². The number of aryl methyl sites for hydroxylation is 1. The summed E-state index contributed by atoms with van der Waals surface area (Å²) in [5.41, 5.74) is 2.45. The molecule has 3 aromatic heterocycles. The molecule has 0 atom stereocenters. The van der Waals surface area contributed by atoms with Gasteiger partial charge in [0, 0.05) is 24.5 Å². The number of amides is 1. The minimum Gasteiger partial charge on any atom is -0.322 e. The lowest BCUT2D eigenvalue weighted by Crippen LogP contribution is -2.20. The van der Waals surface area contributed by atoms with Crippen molar-refractivity contribution >= 4 is 23.2 Å². The molecule has 0 radical (unpaired) electrons. The van der Waals surface area contributed by atoms with Gasteiger partial charge in [0.25, 0.3) is 0 Å². The van der Waals surface area contributed by atoms with E-state index in [0.717, 1.165) is 17.8 Å². The van der Waals surface area contributed by atoms with E-state index in [0.29, 0.717) is 17.3 Å². The SMILES string of the molecule is CCn1cc(Cn2cc(NC(=O)Cn3ncc(Cl)c3C)cn2)cn1. The highest BCUT2D eigenvalue weighted by Crippen LogP contribution is 2.13. The number of carbonyl (C=O) groups is 1. The highest BCUT2D eigenvalue weighted by atomic mass is 35.5. The third-order valence-electron chi connectivity index (χ3n) is 3.61. The number of aromatic nitrogens is 6. The molecule has 3 aromatic rings. The van der Waals surface area contributed by atoms with Gasteiger partial charge < -0.3 is 5.32 Å². The van der Waals surface area contributed by atoms with E-state index >= 15 is 0 Å². The first-order chi connectivity index (χ1) is 11.5. The van der Waals surface area contributed by atoms with Gasteiger partial charge in [-0.3, -0.25) is 18.8 Å². The van der Waals surface area contributed by atoms with Crippen molar-refractivity contribution in [3.63, 3.8) is 0 Å². The van der Waals surface area contributed by atoms with Crippen molar-refractivity contribution in [2.45, 2.75) is 33.5 Å². The number of nitrogens with zero attached hydrogens (tertiary/aromatic N) is 6. The molecule has 0 aliphatic rings. The first-order valence-electron chi connectivity index (χ1n) is 7.56.